The summed E-state index contributed by atoms with van der Waals surface area (Å²) in [6, 6.07) is 4.48. The Morgan fingerprint density at radius 2 is 2.19 bits per heavy atom. The number of nitrogens with two attached hydrogens (primary N) is 1. The zero-order valence-corrected chi connectivity index (χ0v) is 9.34. The molecule has 1 unspecified atom stereocenters. The van der Waals surface area contributed by atoms with Gasteiger partial charge in [-0.25, -0.2) is 4.79 Å². The first kappa shape index (κ1) is 12.3. The van der Waals surface area contributed by atoms with Crippen LogP contribution in [0.3, 0.4) is 0 Å². The number of aromatic carboxylic acids is 1. The van der Waals surface area contributed by atoms with Crippen molar-refractivity contribution in [2.24, 2.45) is 0 Å². The van der Waals surface area contributed by atoms with Gasteiger partial charge in [0, 0.05) is 13.1 Å². The molecule has 88 valence electrons. The van der Waals surface area contributed by atoms with Gasteiger partial charge in [-0.15, -0.1) is 0 Å². The van der Waals surface area contributed by atoms with Gasteiger partial charge in [-0.05, 0) is 25.1 Å². The molecule has 1 rings (SSSR count). The molecule has 0 aliphatic rings. The minimum atomic E-state index is -1.00. The van der Waals surface area contributed by atoms with E-state index in [0.29, 0.717) is 11.4 Å². The molecule has 0 heterocycles. The van der Waals surface area contributed by atoms with Gasteiger partial charge in [-0.3, -0.25) is 0 Å². The molecule has 1 aromatic carbocycles. The van der Waals surface area contributed by atoms with Crippen molar-refractivity contribution in [3.8, 4) is 0 Å². The molecule has 0 bridgehead atoms. The Balaban J connectivity index is 3.03. The zero-order valence-electron chi connectivity index (χ0n) is 9.34. The first-order chi connectivity index (χ1) is 7.47. The highest BCUT2D eigenvalue weighted by molar-refractivity contribution is 5.90. The first-order valence-electron chi connectivity index (χ1n) is 4.94. The number of aliphatic hydroxyl groups is 1. The second-order valence-corrected chi connectivity index (χ2v) is 3.72. The average molecular weight is 224 g/mol. The van der Waals surface area contributed by atoms with E-state index in [0.717, 1.165) is 0 Å². The number of carboxylic acid groups (broad SMARTS) is 1. The topological polar surface area (TPSA) is 86.8 Å². The van der Waals surface area contributed by atoms with Gasteiger partial charge in [0.15, 0.2) is 0 Å². The molecule has 1 aromatic rings. The highest BCUT2D eigenvalue weighted by atomic mass is 16.4. The van der Waals surface area contributed by atoms with E-state index in [1.807, 2.05) is 6.92 Å². The quantitative estimate of drug-likeness (QED) is 0.658. The van der Waals surface area contributed by atoms with Crippen LogP contribution < -0.4 is 10.6 Å². The van der Waals surface area contributed by atoms with Gasteiger partial charge in [0.1, 0.15) is 0 Å². The number of benzene rings is 1. The molecular weight excluding hydrogens is 208 g/mol. The summed E-state index contributed by atoms with van der Waals surface area (Å²) in [5, 5.41) is 17.8. The fourth-order valence-electron chi connectivity index (χ4n) is 1.37. The van der Waals surface area contributed by atoms with E-state index < -0.39 is 5.97 Å². The number of nitrogen functional groups attached to an aromatic ring is 1. The summed E-state index contributed by atoms with van der Waals surface area (Å²) in [6.07, 6.45) is 0. The number of nitrogens with zero attached hydrogens (tertiary/aromatic N) is 1. The maximum absolute atomic E-state index is 10.7. The number of rotatable bonds is 4. The normalized spacial score (nSPS) is 12.2. The predicted octanol–water partition coefficient (Wildman–Crippen LogP) is 0.784. The summed E-state index contributed by atoms with van der Waals surface area (Å²) in [6.45, 7) is 1.86. The standard InChI is InChI=1S/C11H16N2O3/c1-7(6-14)13(2)10-4-3-8(11(15)16)5-9(10)12/h3-5,7,14H,6,12H2,1-2H3,(H,15,16). The van der Waals surface area contributed by atoms with Crippen LogP contribution >= 0.6 is 0 Å². The Hall–Kier alpha value is -1.75. The highest BCUT2D eigenvalue weighted by Crippen LogP contribution is 2.24. The molecule has 0 aliphatic heterocycles. The van der Waals surface area contributed by atoms with E-state index in [1.54, 1.807) is 18.0 Å². The van der Waals surface area contributed by atoms with Gasteiger partial charge in [-0.2, -0.15) is 0 Å². The van der Waals surface area contributed by atoms with E-state index in [-0.39, 0.29) is 18.2 Å². The number of anilines is 2. The maximum Gasteiger partial charge on any atom is 0.335 e. The predicted molar refractivity (Wildman–Crippen MR) is 62.8 cm³/mol. The summed E-state index contributed by atoms with van der Waals surface area (Å²) >= 11 is 0. The molecule has 4 N–H and O–H groups in total. The Bertz CT molecular complexity index is 393. The van der Waals surface area contributed by atoms with Crippen LogP contribution in [-0.4, -0.2) is 35.9 Å². The number of carboxylic acids is 1. The van der Waals surface area contributed by atoms with Crippen LogP contribution in [0.4, 0.5) is 11.4 Å². The lowest BCUT2D eigenvalue weighted by Crippen LogP contribution is -2.32. The van der Waals surface area contributed by atoms with Crippen molar-refractivity contribution < 1.29 is 15.0 Å². The number of likely N-dealkylation sites (N-methyl/N-ethyl adjacent to an activating group) is 1. The third-order valence-electron chi connectivity index (χ3n) is 2.58. The van der Waals surface area contributed by atoms with E-state index in [1.165, 1.54) is 12.1 Å². The third kappa shape index (κ3) is 2.43. The van der Waals surface area contributed by atoms with Crippen LogP contribution in [0.5, 0.6) is 0 Å². The Morgan fingerprint density at radius 3 is 2.62 bits per heavy atom. The number of hydrogen-bond donors (Lipinski definition) is 3. The Kier molecular flexibility index (Phi) is 3.73. The molecule has 0 spiro atoms. The Morgan fingerprint density at radius 1 is 1.56 bits per heavy atom. The number of hydrogen-bond acceptors (Lipinski definition) is 4. The monoisotopic (exact) mass is 224 g/mol. The van der Waals surface area contributed by atoms with Crippen LogP contribution in [0, 0.1) is 0 Å². The fourth-order valence-corrected chi connectivity index (χ4v) is 1.37. The summed E-state index contributed by atoms with van der Waals surface area (Å²) in [4.78, 5) is 12.5. The van der Waals surface area contributed by atoms with Crippen molar-refractivity contribution in [2.45, 2.75) is 13.0 Å². The van der Waals surface area contributed by atoms with Crippen LogP contribution in [0.2, 0.25) is 0 Å². The van der Waals surface area contributed by atoms with Gasteiger partial charge in [-0.1, -0.05) is 0 Å². The summed E-state index contributed by atoms with van der Waals surface area (Å²) in [7, 11) is 1.80. The van der Waals surface area contributed by atoms with Crippen LogP contribution in [0.1, 0.15) is 17.3 Å². The minimum Gasteiger partial charge on any atom is -0.478 e. The van der Waals surface area contributed by atoms with Gasteiger partial charge in [0.2, 0.25) is 0 Å². The van der Waals surface area contributed by atoms with E-state index in [9.17, 15) is 4.79 Å². The molecule has 5 heteroatoms. The molecule has 1 atom stereocenters. The summed E-state index contributed by atoms with van der Waals surface area (Å²) in [5.74, 6) is -1.00. The third-order valence-corrected chi connectivity index (χ3v) is 2.58. The van der Waals surface area contributed by atoms with Crippen molar-refractivity contribution in [3.05, 3.63) is 23.8 Å². The van der Waals surface area contributed by atoms with E-state index in [4.69, 9.17) is 15.9 Å². The molecule has 0 aromatic heterocycles. The summed E-state index contributed by atoms with van der Waals surface area (Å²) < 4.78 is 0. The Labute approximate surface area is 94.1 Å². The first-order valence-corrected chi connectivity index (χ1v) is 4.94. The van der Waals surface area contributed by atoms with Crippen molar-refractivity contribution in [1.29, 1.82) is 0 Å². The van der Waals surface area contributed by atoms with Crippen molar-refractivity contribution in [1.82, 2.24) is 0 Å². The molecule has 0 fully saturated rings. The molecule has 0 amide bonds. The van der Waals surface area contributed by atoms with Crippen molar-refractivity contribution in [2.75, 3.05) is 24.3 Å². The van der Waals surface area contributed by atoms with Crippen molar-refractivity contribution in [3.63, 3.8) is 0 Å². The SMILES string of the molecule is CC(CO)N(C)c1ccc(C(=O)O)cc1N. The molecule has 5 nitrogen and oxygen atoms in total. The van der Waals surface area contributed by atoms with Gasteiger partial charge in [0.05, 0.1) is 23.5 Å². The van der Waals surface area contributed by atoms with Crippen LogP contribution in [0.25, 0.3) is 0 Å². The fraction of sp³-hybridized carbons (Fsp3) is 0.364. The lowest BCUT2D eigenvalue weighted by Gasteiger charge is -2.26. The van der Waals surface area contributed by atoms with Gasteiger partial charge < -0.3 is 20.8 Å². The second-order valence-electron chi connectivity index (χ2n) is 3.72. The lowest BCUT2D eigenvalue weighted by atomic mass is 10.1. The zero-order chi connectivity index (χ0) is 12.3. The second kappa shape index (κ2) is 4.85. The molecular formula is C11H16N2O3. The van der Waals surface area contributed by atoms with E-state index in [2.05, 4.69) is 0 Å². The minimum absolute atomic E-state index is 0.0105. The van der Waals surface area contributed by atoms with E-state index >= 15 is 0 Å². The smallest absolute Gasteiger partial charge is 0.335 e. The average Bonchev–Trinajstić information content (AvgIpc) is 2.26. The molecule has 0 radical (unpaired) electrons. The van der Waals surface area contributed by atoms with Crippen LogP contribution in [0.15, 0.2) is 18.2 Å². The largest absolute Gasteiger partial charge is 0.478 e. The van der Waals surface area contributed by atoms with Gasteiger partial charge >= 0.3 is 5.97 Å². The molecule has 0 saturated carbocycles. The molecule has 0 saturated heterocycles. The maximum atomic E-state index is 10.7. The highest BCUT2D eigenvalue weighted by Gasteiger charge is 2.13. The summed E-state index contributed by atoms with van der Waals surface area (Å²) in [5.41, 5.74) is 7.03. The number of aliphatic hydroxyl groups excluding tert-OH is 1. The molecule has 0 aliphatic carbocycles. The van der Waals surface area contributed by atoms with Gasteiger partial charge in [0.25, 0.3) is 0 Å². The van der Waals surface area contributed by atoms with Crippen LogP contribution in [-0.2, 0) is 0 Å². The molecule has 16 heavy (non-hydrogen) atoms. The lowest BCUT2D eigenvalue weighted by molar-refractivity contribution is 0.0697. The van der Waals surface area contributed by atoms with Crippen molar-refractivity contribution >= 4 is 17.3 Å². The number of carbonyl (C=O) groups is 1.